The number of benzene rings is 1. The van der Waals surface area contributed by atoms with E-state index in [1.165, 1.54) is 0 Å². The van der Waals surface area contributed by atoms with Crippen molar-refractivity contribution in [3.63, 3.8) is 0 Å². The molecule has 0 saturated heterocycles. The first kappa shape index (κ1) is 27.8. The van der Waals surface area contributed by atoms with Crippen molar-refractivity contribution in [3.8, 4) is 5.75 Å². The minimum absolute atomic E-state index is 0. The molecule has 1 N–H and O–H groups in total. The number of halogens is 2. The van der Waals surface area contributed by atoms with Crippen LogP contribution in [0.3, 0.4) is 0 Å². The molecule has 2 rings (SSSR count). The Morgan fingerprint density at radius 3 is 1.57 bits per heavy atom. The summed E-state index contributed by atoms with van der Waals surface area (Å²) in [5.74, 6) is 0.456. The number of hydrogen-bond donors (Lipinski definition) is 1. The number of para-hydroxylation sites is 1. The van der Waals surface area contributed by atoms with E-state index in [0.717, 1.165) is 17.5 Å². The zero-order valence-electron chi connectivity index (χ0n) is 14.9. The normalized spacial score (nSPS) is 12.3. The Labute approximate surface area is 173 Å². The van der Waals surface area contributed by atoms with Crippen molar-refractivity contribution in [1.29, 1.82) is 0 Å². The summed E-state index contributed by atoms with van der Waals surface area (Å²) in [5, 5.41) is 10.3. The van der Waals surface area contributed by atoms with Crippen molar-refractivity contribution in [1.82, 2.24) is 0 Å². The van der Waals surface area contributed by atoms with Crippen LogP contribution in [-0.4, -0.2) is 5.11 Å². The van der Waals surface area contributed by atoms with Gasteiger partial charge in [0.05, 0.1) is 0 Å². The SMILES string of the molecule is CC(C)(C)c1cccc(C(C)(C)C)c1O.Cl.Cl.[C-]1=CC=CC1.[Zr]. The summed E-state index contributed by atoms with van der Waals surface area (Å²) in [6.45, 7) is 12.7. The second-order valence-corrected chi connectivity index (χ2v) is 7.20. The van der Waals surface area contributed by atoms with Crippen LogP contribution < -0.4 is 0 Å². The van der Waals surface area contributed by atoms with E-state index in [9.17, 15) is 5.11 Å². The second kappa shape index (κ2) is 11.5. The summed E-state index contributed by atoms with van der Waals surface area (Å²) in [7, 11) is 0. The molecule has 0 bridgehead atoms. The van der Waals surface area contributed by atoms with Crippen LogP contribution >= 0.6 is 24.8 Å². The Bertz CT molecular complexity index is 467. The number of rotatable bonds is 0. The minimum Gasteiger partial charge on any atom is -0.507 e. The third-order valence-corrected chi connectivity index (χ3v) is 3.24. The van der Waals surface area contributed by atoms with Gasteiger partial charge in [0.2, 0.25) is 0 Å². The van der Waals surface area contributed by atoms with Crippen molar-refractivity contribution in [2.24, 2.45) is 0 Å². The van der Waals surface area contributed by atoms with Crippen molar-refractivity contribution in [2.75, 3.05) is 0 Å². The van der Waals surface area contributed by atoms with Gasteiger partial charge in [-0.15, -0.1) is 31.2 Å². The van der Waals surface area contributed by atoms with E-state index in [1.54, 1.807) is 0 Å². The standard InChI is InChI=1S/C14H22O.C5H5.2ClH.Zr/c1-13(2,3)10-8-7-9-11(12(10)15)14(4,5)6;1-2-4-5-3-1;;;/h7-9,15H,1-6H3;1-3H,4H2;2*1H;/q;-1;;;. The number of hydrogen-bond acceptors (Lipinski definition) is 1. The molecule has 1 nitrogen and oxygen atoms in total. The van der Waals surface area contributed by atoms with Crippen LogP contribution in [0.15, 0.2) is 36.4 Å². The van der Waals surface area contributed by atoms with Gasteiger partial charge in [0, 0.05) is 26.2 Å². The second-order valence-electron chi connectivity index (χ2n) is 7.20. The topological polar surface area (TPSA) is 20.2 Å². The molecule has 1 aromatic carbocycles. The molecule has 0 radical (unpaired) electrons. The summed E-state index contributed by atoms with van der Waals surface area (Å²) in [6, 6.07) is 6.04. The number of allylic oxidation sites excluding steroid dienone is 4. The predicted octanol–water partition coefficient (Wildman–Crippen LogP) is 6.13. The Balaban J connectivity index is -0.000000431. The fourth-order valence-corrected chi connectivity index (χ4v) is 2.09. The number of phenolic OH excluding ortho intramolecular Hbond substituents is 1. The first-order valence-electron chi connectivity index (χ1n) is 7.18. The molecule has 0 saturated carbocycles. The molecule has 0 aliphatic heterocycles. The molecule has 0 unspecified atom stereocenters. The average molecular weight is 436 g/mol. The summed E-state index contributed by atoms with van der Waals surface area (Å²) < 4.78 is 0. The van der Waals surface area contributed by atoms with E-state index in [1.807, 2.05) is 30.4 Å². The van der Waals surface area contributed by atoms with E-state index in [0.29, 0.717) is 5.75 Å². The third-order valence-electron chi connectivity index (χ3n) is 3.24. The summed E-state index contributed by atoms with van der Waals surface area (Å²) in [6.07, 6.45) is 10.0. The maximum atomic E-state index is 10.3. The van der Waals surface area contributed by atoms with Gasteiger partial charge in [0.25, 0.3) is 0 Å². The fraction of sp³-hybridized carbons (Fsp3) is 0.474. The van der Waals surface area contributed by atoms with E-state index >= 15 is 0 Å². The zero-order valence-corrected chi connectivity index (χ0v) is 19.0. The van der Waals surface area contributed by atoms with Crippen LogP contribution in [-0.2, 0) is 37.0 Å². The molecule has 0 amide bonds. The maximum absolute atomic E-state index is 10.3. The van der Waals surface area contributed by atoms with E-state index in [2.05, 4.69) is 53.7 Å². The van der Waals surface area contributed by atoms with Crippen LogP contribution in [0, 0.1) is 6.08 Å². The molecule has 130 valence electrons. The quantitative estimate of drug-likeness (QED) is 0.486. The van der Waals surface area contributed by atoms with Crippen LogP contribution in [0.25, 0.3) is 0 Å². The van der Waals surface area contributed by atoms with Gasteiger partial charge in [-0.05, 0) is 22.0 Å². The smallest absolute Gasteiger partial charge is 0.123 e. The van der Waals surface area contributed by atoms with Crippen LogP contribution in [0.1, 0.15) is 59.1 Å². The number of phenols is 1. The van der Waals surface area contributed by atoms with E-state index < -0.39 is 0 Å². The monoisotopic (exact) mass is 433 g/mol. The largest absolute Gasteiger partial charge is 0.507 e. The van der Waals surface area contributed by atoms with Gasteiger partial charge in [-0.2, -0.15) is 6.08 Å². The molecular weight excluding hydrogens is 406 g/mol. The van der Waals surface area contributed by atoms with Gasteiger partial charge in [-0.3, -0.25) is 6.08 Å². The molecule has 0 atom stereocenters. The third kappa shape index (κ3) is 9.13. The van der Waals surface area contributed by atoms with Crippen molar-refractivity contribution in [2.45, 2.75) is 58.8 Å². The summed E-state index contributed by atoms with van der Waals surface area (Å²) >= 11 is 0. The van der Waals surface area contributed by atoms with E-state index in [-0.39, 0.29) is 61.8 Å². The Kier molecular flexibility index (Phi) is 13.9. The van der Waals surface area contributed by atoms with Gasteiger partial charge in [0.15, 0.2) is 0 Å². The molecule has 0 fully saturated rings. The molecule has 1 aromatic rings. The zero-order chi connectivity index (χ0) is 15.4. The minimum atomic E-state index is -0.00859. The van der Waals surface area contributed by atoms with E-state index in [4.69, 9.17) is 0 Å². The predicted molar refractivity (Wildman–Crippen MR) is 102 cm³/mol. The molecule has 0 aromatic heterocycles. The van der Waals surface area contributed by atoms with Gasteiger partial charge in [-0.1, -0.05) is 59.7 Å². The Morgan fingerprint density at radius 2 is 1.35 bits per heavy atom. The maximum Gasteiger partial charge on any atom is 0.123 e. The van der Waals surface area contributed by atoms with Gasteiger partial charge >= 0.3 is 0 Å². The molecule has 0 spiro atoms. The first-order valence-corrected chi connectivity index (χ1v) is 7.18. The average Bonchev–Trinajstić information content (AvgIpc) is 2.84. The molecular formula is C19H29Cl2OZr-. The van der Waals surface area contributed by atoms with Gasteiger partial charge in [-0.25, -0.2) is 12.2 Å². The van der Waals surface area contributed by atoms with Crippen molar-refractivity contribution in [3.05, 3.63) is 53.6 Å². The number of aromatic hydroxyl groups is 1. The molecule has 1 aliphatic rings. The molecule has 0 heterocycles. The van der Waals surface area contributed by atoms with Crippen LogP contribution in [0.5, 0.6) is 5.75 Å². The summed E-state index contributed by atoms with van der Waals surface area (Å²) in [5.41, 5.74) is 2.03. The molecule has 23 heavy (non-hydrogen) atoms. The van der Waals surface area contributed by atoms with Crippen LogP contribution in [0.2, 0.25) is 0 Å². The van der Waals surface area contributed by atoms with Crippen molar-refractivity contribution >= 4 is 24.8 Å². The van der Waals surface area contributed by atoms with Gasteiger partial charge in [0.1, 0.15) is 5.75 Å². The molecule has 4 heteroatoms. The Hall–Kier alpha value is -0.0369. The van der Waals surface area contributed by atoms with Crippen molar-refractivity contribution < 1.29 is 31.3 Å². The van der Waals surface area contributed by atoms with Crippen LogP contribution in [0.4, 0.5) is 0 Å². The fourth-order valence-electron chi connectivity index (χ4n) is 2.09. The van der Waals surface area contributed by atoms with Gasteiger partial charge < -0.3 is 5.11 Å². The Morgan fingerprint density at radius 1 is 0.913 bits per heavy atom. The first-order chi connectivity index (χ1) is 9.14. The summed E-state index contributed by atoms with van der Waals surface area (Å²) in [4.78, 5) is 0. The molecule has 1 aliphatic carbocycles.